The van der Waals surface area contributed by atoms with Crippen molar-refractivity contribution in [2.75, 3.05) is 7.11 Å². The molecule has 29 heavy (non-hydrogen) atoms. The van der Waals surface area contributed by atoms with Gasteiger partial charge < -0.3 is 19.4 Å². The van der Waals surface area contributed by atoms with Crippen LogP contribution >= 0.6 is 11.6 Å². The fraction of sp³-hybridized carbons (Fsp3) is 0.0909. The Morgan fingerprint density at radius 1 is 1.03 bits per heavy atom. The van der Waals surface area contributed by atoms with Crippen LogP contribution in [0.4, 0.5) is 5.69 Å². The number of benzene rings is 3. The van der Waals surface area contributed by atoms with E-state index < -0.39 is 0 Å². The number of imidazole rings is 1. The number of nitrogens with zero attached hydrogens (tertiary/aromatic N) is 1. The zero-order valence-electron chi connectivity index (χ0n) is 15.6. The van der Waals surface area contributed by atoms with Crippen LogP contribution in [0.5, 0.6) is 11.5 Å². The quantitative estimate of drug-likeness (QED) is 0.448. The summed E-state index contributed by atoms with van der Waals surface area (Å²) in [6, 6.07) is 18.6. The van der Waals surface area contributed by atoms with Gasteiger partial charge in [-0.05, 0) is 36.4 Å². The van der Waals surface area contributed by atoms with Crippen molar-refractivity contribution in [2.45, 2.75) is 6.61 Å². The van der Waals surface area contributed by atoms with Crippen LogP contribution in [0.3, 0.4) is 0 Å². The minimum Gasteiger partial charge on any atom is -0.493 e. The predicted octanol–water partition coefficient (Wildman–Crippen LogP) is 4.85. The number of para-hydroxylation sites is 1. The molecule has 0 saturated heterocycles. The van der Waals surface area contributed by atoms with Gasteiger partial charge in [0, 0.05) is 22.4 Å². The Hall–Kier alpha value is -3.51. The van der Waals surface area contributed by atoms with Crippen LogP contribution in [0.15, 0.2) is 70.5 Å². The standard InChI is InChI=1S/C22H18ClN3O3/c1-28-20-8-4-6-14(21(20)29-13-15-5-2-3-7-17(15)23)12-24-16-9-10-18-19(11-16)26-22(27)25-18/h2-12H,13H2,1H3,(H2,25,26,27). The van der Waals surface area contributed by atoms with Gasteiger partial charge in [-0.1, -0.05) is 35.9 Å². The molecule has 2 N–H and O–H groups in total. The Bertz CT molecular complexity index is 1240. The highest BCUT2D eigenvalue weighted by Gasteiger charge is 2.11. The molecule has 4 rings (SSSR count). The molecular weight excluding hydrogens is 390 g/mol. The lowest BCUT2D eigenvalue weighted by molar-refractivity contribution is 0.284. The molecule has 0 atom stereocenters. The van der Waals surface area contributed by atoms with Crippen molar-refractivity contribution in [3.8, 4) is 11.5 Å². The Balaban J connectivity index is 1.63. The van der Waals surface area contributed by atoms with Crippen LogP contribution in [0.25, 0.3) is 11.0 Å². The van der Waals surface area contributed by atoms with Crippen molar-refractivity contribution in [3.05, 3.63) is 87.3 Å². The lowest BCUT2D eigenvalue weighted by Crippen LogP contribution is -2.01. The highest BCUT2D eigenvalue weighted by atomic mass is 35.5. The first-order chi connectivity index (χ1) is 14.1. The lowest BCUT2D eigenvalue weighted by Gasteiger charge is -2.13. The molecule has 0 fully saturated rings. The second-order valence-electron chi connectivity index (χ2n) is 6.33. The molecule has 7 heteroatoms. The number of rotatable bonds is 6. The number of aromatic nitrogens is 2. The second-order valence-corrected chi connectivity index (χ2v) is 6.73. The van der Waals surface area contributed by atoms with Crippen molar-refractivity contribution < 1.29 is 9.47 Å². The summed E-state index contributed by atoms with van der Waals surface area (Å²) in [6.07, 6.45) is 1.70. The zero-order valence-corrected chi connectivity index (χ0v) is 16.4. The van der Waals surface area contributed by atoms with Crippen molar-refractivity contribution >= 4 is 34.5 Å². The molecule has 0 aliphatic carbocycles. The number of halogens is 1. The largest absolute Gasteiger partial charge is 0.493 e. The van der Waals surface area contributed by atoms with Gasteiger partial charge in [0.25, 0.3) is 0 Å². The average molecular weight is 408 g/mol. The number of fused-ring (bicyclic) bond motifs is 1. The van der Waals surface area contributed by atoms with E-state index in [1.165, 1.54) is 0 Å². The van der Waals surface area contributed by atoms with Gasteiger partial charge in [-0.15, -0.1) is 0 Å². The fourth-order valence-corrected chi connectivity index (χ4v) is 3.15. The third-order valence-corrected chi connectivity index (χ3v) is 4.78. The SMILES string of the molecule is COc1cccc(C=Nc2ccc3[nH]c(=O)[nH]c3c2)c1OCc1ccccc1Cl. The molecule has 1 heterocycles. The van der Waals surface area contributed by atoms with Gasteiger partial charge in [0.05, 0.1) is 23.8 Å². The molecule has 0 bridgehead atoms. The second kappa shape index (κ2) is 8.24. The summed E-state index contributed by atoms with van der Waals surface area (Å²) >= 11 is 6.23. The molecule has 1 aromatic heterocycles. The van der Waals surface area contributed by atoms with Crippen LogP contribution in [0.2, 0.25) is 5.02 Å². The summed E-state index contributed by atoms with van der Waals surface area (Å²) in [5, 5.41) is 0.645. The van der Waals surface area contributed by atoms with Crippen LogP contribution in [0, 0.1) is 0 Å². The maximum Gasteiger partial charge on any atom is 0.323 e. The third kappa shape index (κ3) is 4.17. The van der Waals surface area contributed by atoms with E-state index in [4.69, 9.17) is 21.1 Å². The first-order valence-corrected chi connectivity index (χ1v) is 9.31. The van der Waals surface area contributed by atoms with Crippen molar-refractivity contribution in [1.82, 2.24) is 9.97 Å². The smallest absolute Gasteiger partial charge is 0.323 e. The maximum absolute atomic E-state index is 11.4. The van der Waals surface area contributed by atoms with Crippen LogP contribution in [-0.4, -0.2) is 23.3 Å². The zero-order chi connectivity index (χ0) is 20.2. The van der Waals surface area contributed by atoms with Crippen LogP contribution in [0.1, 0.15) is 11.1 Å². The summed E-state index contributed by atoms with van der Waals surface area (Å²) in [5.41, 5.74) is 3.53. The predicted molar refractivity (Wildman–Crippen MR) is 115 cm³/mol. The van der Waals surface area contributed by atoms with Gasteiger partial charge >= 0.3 is 5.69 Å². The van der Waals surface area contributed by atoms with Gasteiger partial charge in [0.15, 0.2) is 11.5 Å². The van der Waals surface area contributed by atoms with E-state index in [0.717, 1.165) is 16.6 Å². The number of nitrogens with one attached hydrogen (secondary N) is 2. The Labute approximate surface area is 171 Å². The van der Waals surface area contributed by atoms with Gasteiger partial charge in [-0.3, -0.25) is 4.99 Å². The highest BCUT2D eigenvalue weighted by Crippen LogP contribution is 2.32. The molecule has 4 aromatic rings. The van der Waals surface area contributed by atoms with Gasteiger partial charge in [-0.2, -0.15) is 0 Å². The first kappa shape index (κ1) is 18.8. The molecule has 0 radical (unpaired) electrons. The average Bonchev–Trinajstić information content (AvgIpc) is 3.11. The molecule has 146 valence electrons. The maximum atomic E-state index is 11.4. The molecular formula is C22H18ClN3O3. The van der Waals surface area contributed by atoms with E-state index in [-0.39, 0.29) is 5.69 Å². The number of hydrogen-bond donors (Lipinski definition) is 2. The minimum absolute atomic E-state index is 0.246. The number of H-pyrrole nitrogens is 2. The minimum atomic E-state index is -0.246. The molecule has 0 spiro atoms. The number of aliphatic imine (C=N–C) groups is 1. The summed E-state index contributed by atoms with van der Waals surface area (Å²) in [4.78, 5) is 21.4. The van der Waals surface area contributed by atoms with E-state index in [1.807, 2.05) is 48.5 Å². The third-order valence-electron chi connectivity index (χ3n) is 4.41. The topological polar surface area (TPSA) is 79.5 Å². The van der Waals surface area contributed by atoms with E-state index in [0.29, 0.717) is 34.3 Å². The molecule has 0 aliphatic heterocycles. The van der Waals surface area contributed by atoms with E-state index in [1.54, 1.807) is 25.5 Å². The van der Waals surface area contributed by atoms with Crippen molar-refractivity contribution in [1.29, 1.82) is 0 Å². The fourth-order valence-electron chi connectivity index (χ4n) is 2.96. The number of aromatic amines is 2. The Morgan fingerprint density at radius 2 is 1.86 bits per heavy atom. The Morgan fingerprint density at radius 3 is 2.69 bits per heavy atom. The number of ether oxygens (including phenoxy) is 2. The monoisotopic (exact) mass is 407 g/mol. The van der Waals surface area contributed by atoms with Gasteiger partial charge in [-0.25, -0.2) is 4.79 Å². The molecule has 0 aliphatic rings. The molecule has 0 unspecified atom stereocenters. The van der Waals surface area contributed by atoms with Crippen molar-refractivity contribution in [2.24, 2.45) is 4.99 Å². The summed E-state index contributed by atoms with van der Waals surface area (Å²) in [6.45, 7) is 0.303. The Kier molecular flexibility index (Phi) is 5.35. The molecule has 0 saturated carbocycles. The molecule has 6 nitrogen and oxygen atoms in total. The summed E-state index contributed by atoms with van der Waals surface area (Å²) < 4.78 is 11.5. The van der Waals surface area contributed by atoms with Crippen LogP contribution in [-0.2, 0) is 6.61 Å². The van der Waals surface area contributed by atoms with E-state index in [2.05, 4.69) is 15.0 Å². The summed E-state index contributed by atoms with van der Waals surface area (Å²) in [5.74, 6) is 1.18. The number of hydrogen-bond acceptors (Lipinski definition) is 4. The van der Waals surface area contributed by atoms with Crippen molar-refractivity contribution in [3.63, 3.8) is 0 Å². The molecule has 0 amide bonds. The highest BCUT2D eigenvalue weighted by molar-refractivity contribution is 6.31. The number of methoxy groups -OCH3 is 1. The first-order valence-electron chi connectivity index (χ1n) is 8.93. The normalized spacial score (nSPS) is 11.2. The van der Waals surface area contributed by atoms with E-state index >= 15 is 0 Å². The summed E-state index contributed by atoms with van der Waals surface area (Å²) in [7, 11) is 1.59. The lowest BCUT2D eigenvalue weighted by atomic mass is 10.2. The van der Waals surface area contributed by atoms with Gasteiger partial charge in [0.1, 0.15) is 6.61 Å². The van der Waals surface area contributed by atoms with Gasteiger partial charge in [0.2, 0.25) is 0 Å². The van der Waals surface area contributed by atoms with E-state index in [9.17, 15) is 4.79 Å². The van der Waals surface area contributed by atoms with Crippen LogP contribution < -0.4 is 15.2 Å². The molecule has 3 aromatic carbocycles.